The summed E-state index contributed by atoms with van der Waals surface area (Å²) in [5, 5.41) is 1.13. The quantitative estimate of drug-likeness (QED) is 0.745. The van der Waals surface area contributed by atoms with Crippen molar-refractivity contribution < 1.29 is 4.79 Å². The van der Waals surface area contributed by atoms with Gasteiger partial charge in [-0.3, -0.25) is 9.78 Å². The standard InChI is InChI=1S/C16H19N3O/c1-10-13-5-7-19(11(2)20)8-6-16(13)18-15-4-3-12(17)9-14(10)15/h3-4,9H,5-8,17H2,1-2H3. The van der Waals surface area contributed by atoms with Gasteiger partial charge in [-0.15, -0.1) is 0 Å². The molecule has 0 fully saturated rings. The van der Waals surface area contributed by atoms with Gasteiger partial charge >= 0.3 is 0 Å². The number of aryl methyl sites for hydroxylation is 1. The topological polar surface area (TPSA) is 59.2 Å². The van der Waals surface area contributed by atoms with Crippen LogP contribution in [0.25, 0.3) is 10.9 Å². The van der Waals surface area contributed by atoms with E-state index in [0.29, 0.717) is 0 Å². The fraction of sp³-hybridized carbons (Fsp3) is 0.375. The van der Waals surface area contributed by atoms with Crippen molar-refractivity contribution in [3.8, 4) is 0 Å². The van der Waals surface area contributed by atoms with E-state index in [9.17, 15) is 4.79 Å². The number of nitrogen functional groups attached to an aromatic ring is 1. The summed E-state index contributed by atoms with van der Waals surface area (Å²) < 4.78 is 0. The van der Waals surface area contributed by atoms with Gasteiger partial charge < -0.3 is 10.6 Å². The first kappa shape index (κ1) is 12.9. The number of rotatable bonds is 0. The van der Waals surface area contributed by atoms with Crippen molar-refractivity contribution in [1.82, 2.24) is 9.88 Å². The predicted molar refractivity (Wildman–Crippen MR) is 80.6 cm³/mol. The first-order valence-corrected chi connectivity index (χ1v) is 6.99. The van der Waals surface area contributed by atoms with Crippen molar-refractivity contribution in [2.75, 3.05) is 18.8 Å². The Hall–Kier alpha value is -2.10. The van der Waals surface area contributed by atoms with Crippen LogP contribution >= 0.6 is 0 Å². The van der Waals surface area contributed by atoms with E-state index in [4.69, 9.17) is 10.7 Å². The number of benzene rings is 1. The third-order valence-electron chi connectivity index (χ3n) is 4.18. The number of aromatic nitrogens is 1. The highest BCUT2D eigenvalue weighted by Crippen LogP contribution is 2.27. The average Bonchev–Trinajstić information content (AvgIpc) is 2.62. The van der Waals surface area contributed by atoms with Gasteiger partial charge in [0.1, 0.15) is 0 Å². The number of nitrogens with two attached hydrogens (primary N) is 1. The van der Waals surface area contributed by atoms with Crippen LogP contribution in [0.4, 0.5) is 5.69 Å². The Kier molecular flexibility index (Phi) is 3.08. The van der Waals surface area contributed by atoms with Gasteiger partial charge in [-0.25, -0.2) is 0 Å². The van der Waals surface area contributed by atoms with Gasteiger partial charge in [0.15, 0.2) is 0 Å². The van der Waals surface area contributed by atoms with Crippen LogP contribution < -0.4 is 5.73 Å². The molecular weight excluding hydrogens is 250 g/mol. The molecule has 1 aromatic heterocycles. The van der Waals surface area contributed by atoms with Crippen molar-refractivity contribution in [3.63, 3.8) is 0 Å². The first-order chi connectivity index (χ1) is 9.56. The van der Waals surface area contributed by atoms with Gasteiger partial charge in [0.25, 0.3) is 0 Å². The van der Waals surface area contributed by atoms with Crippen LogP contribution in [0, 0.1) is 6.92 Å². The van der Waals surface area contributed by atoms with Crippen LogP contribution in [0.2, 0.25) is 0 Å². The van der Waals surface area contributed by atoms with Crippen molar-refractivity contribution in [3.05, 3.63) is 35.0 Å². The van der Waals surface area contributed by atoms with E-state index in [2.05, 4.69) is 6.92 Å². The molecule has 104 valence electrons. The number of amides is 1. The molecule has 1 amide bonds. The van der Waals surface area contributed by atoms with Gasteiger partial charge in [0, 0.05) is 43.2 Å². The molecule has 1 aromatic carbocycles. The summed E-state index contributed by atoms with van der Waals surface area (Å²) in [6, 6.07) is 5.86. The maximum absolute atomic E-state index is 11.6. The highest BCUT2D eigenvalue weighted by atomic mass is 16.2. The molecule has 4 heteroatoms. The van der Waals surface area contributed by atoms with Crippen LogP contribution in [-0.2, 0) is 17.6 Å². The second-order valence-corrected chi connectivity index (χ2v) is 5.44. The molecule has 0 aliphatic carbocycles. The summed E-state index contributed by atoms with van der Waals surface area (Å²) in [6.45, 7) is 5.30. The average molecular weight is 269 g/mol. The summed E-state index contributed by atoms with van der Waals surface area (Å²) in [5.41, 5.74) is 11.3. The molecular formula is C16H19N3O. The van der Waals surface area contributed by atoms with E-state index in [-0.39, 0.29) is 5.91 Å². The fourth-order valence-electron chi connectivity index (χ4n) is 3.00. The zero-order valence-corrected chi connectivity index (χ0v) is 11.9. The molecule has 0 radical (unpaired) electrons. The third-order valence-corrected chi connectivity index (χ3v) is 4.18. The molecule has 0 bridgehead atoms. The number of anilines is 1. The Morgan fingerprint density at radius 1 is 1.30 bits per heavy atom. The molecule has 20 heavy (non-hydrogen) atoms. The molecule has 0 saturated carbocycles. The maximum Gasteiger partial charge on any atom is 0.219 e. The zero-order chi connectivity index (χ0) is 14.3. The van der Waals surface area contributed by atoms with Gasteiger partial charge in [-0.1, -0.05) is 0 Å². The van der Waals surface area contributed by atoms with E-state index >= 15 is 0 Å². The van der Waals surface area contributed by atoms with E-state index in [0.717, 1.165) is 48.2 Å². The number of hydrogen-bond donors (Lipinski definition) is 1. The van der Waals surface area contributed by atoms with Crippen molar-refractivity contribution >= 4 is 22.5 Å². The van der Waals surface area contributed by atoms with Crippen molar-refractivity contribution in [1.29, 1.82) is 0 Å². The normalized spacial score (nSPS) is 15.0. The maximum atomic E-state index is 11.6. The van der Waals surface area contributed by atoms with Gasteiger partial charge in [0.2, 0.25) is 5.91 Å². The van der Waals surface area contributed by atoms with E-state index in [1.54, 1.807) is 6.92 Å². The van der Waals surface area contributed by atoms with Crippen LogP contribution in [0.15, 0.2) is 18.2 Å². The molecule has 0 spiro atoms. The monoisotopic (exact) mass is 269 g/mol. The van der Waals surface area contributed by atoms with Crippen LogP contribution in [0.5, 0.6) is 0 Å². The van der Waals surface area contributed by atoms with Gasteiger partial charge in [-0.2, -0.15) is 0 Å². The molecule has 4 nitrogen and oxygen atoms in total. The summed E-state index contributed by atoms with van der Waals surface area (Å²) in [5.74, 6) is 0.143. The number of pyridine rings is 1. The largest absolute Gasteiger partial charge is 0.399 e. The highest BCUT2D eigenvalue weighted by Gasteiger charge is 2.19. The van der Waals surface area contributed by atoms with Crippen LogP contribution in [-0.4, -0.2) is 28.9 Å². The molecule has 2 aromatic rings. The lowest BCUT2D eigenvalue weighted by molar-refractivity contribution is -0.128. The molecule has 2 heterocycles. The first-order valence-electron chi connectivity index (χ1n) is 6.99. The molecule has 3 rings (SSSR count). The summed E-state index contributed by atoms with van der Waals surface area (Å²) in [4.78, 5) is 18.2. The number of fused-ring (bicyclic) bond motifs is 2. The molecule has 1 aliphatic rings. The number of carbonyl (C=O) groups excluding carboxylic acids is 1. The van der Waals surface area contributed by atoms with E-state index < -0.39 is 0 Å². The Morgan fingerprint density at radius 2 is 2.05 bits per heavy atom. The third kappa shape index (κ3) is 2.11. The summed E-state index contributed by atoms with van der Waals surface area (Å²) >= 11 is 0. The minimum atomic E-state index is 0.143. The molecule has 0 unspecified atom stereocenters. The van der Waals surface area contributed by atoms with Crippen LogP contribution in [0.1, 0.15) is 23.7 Å². The predicted octanol–water partition coefficient (Wildman–Crippen LogP) is 2.07. The van der Waals surface area contributed by atoms with Gasteiger partial charge in [-0.05, 0) is 42.7 Å². The fourth-order valence-corrected chi connectivity index (χ4v) is 3.00. The molecule has 1 aliphatic heterocycles. The Morgan fingerprint density at radius 3 is 2.80 bits per heavy atom. The smallest absolute Gasteiger partial charge is 0.219 e. The molecule has 0 atom stereocenters. The van der Waals surface area contributed by atoms with E-state index in [1.807, 2.05) is 23.1 Å². The van der Waals surface area contributed by atoms with Crippen molar-refractivity contribution in [2.45, 2.75) is 26.7 Å². The second kappa shape index (κ2) is 4.78. The van der Waals surface area contributed by atoms with Crippen LogP contribution in [0.3, 0.4) is 0 Å². The number of hydrogen-bond acceptors (Lipinski definition) is 3. The number of carbonyl (C=O) groups is 1. The lowest BCUT2D eigenvalue weighted by Gasteiger charge is -2.17. The summed E-state index contributed by atoms with van der Waals surface area (Å²) in [7, 11) is 0. The second-order valence-electron chi connectivity index (χ2n) is 5.44. The lowest BCUT2D eigenvalue weighted by Crippen LogP contribution is -2.31. The molecule has 2 N–H and O–H groups in total. The Balaban J connectivity index is 2.11. The van der Waals surface area contributed by atoms with E-state index in [1.165, 1.54) is 11.1 Å². The zero-order valence-electron chi connectivity index (χ0n) is 11.9. The Labute approximate surface area is 118 Å². The van der Waals surface area contributed by atoms with Gasteiger partial charge in [0.05, 0.1) is 5.52 Å². The minimum Gasteiger partial charge on any atom is -0.399 e. The number of nitrogens with zero attached hydrogens (tertiary/aromatic N) is 2. The lowest BCUT2D eigenvalue weighted by atomic mass is 9.98. The minimum absolute atomic E-state index is 0.143. The highest BCUT2D eigenvalue weighted by molar-refractivity contribution is 5.86. The molecule has 0 saturated heterocycles. The Bertz CT molecular complexity index is 694. The SMILES string of the molecule is CC(=O)N1CCc2nc3ccc(N)cc3c(C)c2CC1. The summed E-state index contributed by atoms with van der Waals surface area (Å²) in [6.07, 6.45) is 1.70. The van der Waals surface area contributed by atoms with Crippen molar-refractivity contribution in [2.24, 2.45) is 0 Å².